The number of anilines is 1. The highest BCUT2D eigenvalue weighted by Gasteiger charge is 2.21. The van der Waals surface area contributed by atoms with Gasteiger partial charge in [-0.25, -0.2) is 4.98 Å². The molecule has 112 valence electrons. The third-order valence-electron chi connectivity index (χ3n) is 3.78. The van der Waals surface area contributed by atoms with E-state index in [1.54, 1.807) is 18.3 Å². The molecule has 2 heterocycles. The Morgan fingerprint density at radius 3 is 2.86 bits per heavy atom. The SMILES string of the molecule is N#Cc1ccnn(-c2ccc(N[C@H]3CC[C@H](N)C3)nc2)c1=O. The Kier molecular flexibility index (Phi) is 3.85. The zero-order chi connectivity index (χ0) is 15.5. The maximum Gasteiger partial charge on any atom is 0.289 e. The smallest absolute Gasteiger partial charge is 0.289 e. The maximum atomic E-state index is 12.0. The van der Waals surface area contributed by atoms with Crippen LogP contribution in [0.5, 0.6) is 0 Å². The molecule has 2 atom stereocenters. The summed E-state index contributed by atoms with van der Waals surface area (Å²) < 4.78 is 1.17. The summed E-state index contributed by atoms with van der Waals surface area (Å²) in [7, 11) is 0. The topological polar surface area (TPSA) is 110 Å². The van der Waals surface area contributed by atoms with Gasteiger partial charge in [0.15, 0.2) is 0 Å². The van der Waals surface area contributed by atoms with Crippen LogP contribution in [0.2, 0.25) is 0 Å². The van der Waals surface area contributed by atoms with E-state index in [9.17, 15) is 4.79 Å². The van der Waals surface area contributed by atoms with Crippen molar-refractivity contribution in [3.63, 3.8) is 0 Å². The molecule has 7 heteroatoms. The molecular weight excluding hydrogens is 280 g/mol. The van der Waals surface area contributed by atoms with E-state index in [4.69, 9.17) is 11.0 Å². The number of hydrogen-bond acceptors (Lipinski definition) is 6. The minimum Gasteiger partial charge on any atom is -0.367 e. The molecule has 0 aliphatic heterocycles. The first-order valence-corrected chi connectivity index (χ1v) is 7.14. The molecule has 3 rings (SSSR count). The number of pyridine rings is 1. The molecule has 0 radical (unpaired) electrons. The van der Waals surface area contributed by atoms with Crippen molar-refractivity contribution >= 4 is 5.82 Å². The summed E-state index contributed by atoms with van der Waals surface area (Å²) >= 11 is 0. The van der Waals surface area contributed by atoms with E-state index < -0.39 is 5.56 Å². The number of nitrogens with two attached hydrogens (primary N) is 1. The number of aromatic nitrogens is 3. The van der Waals surface area contributed by atoms with Gasteiger partial charge in [-0.3, -0.25) is 4.79 Å². The highest BCUT2D eigenvalue weighted by Crippen LogP contribution is 2.21. The molecule has 0 bridgehead atoms. The van der Waals surface area contributed by atoms with Crippen molar-refractivity contribution in [2.75, 3.05) is 5.32 Å². The molecule has 1 aliphatic rings. The summed E-state index contributed by atoms with van der Waals surface area (Å²) in [6.07, 6.45) is 5.99. The van der Waals surface area contributed by atoms with Gasteiger partial charge < -0.3 is 11.1 Å². The molecule has 0 amide bonds. The third-order valence-corrected chi connectivity index (χ3v) is 3.78. The minimum absolute atomic E-state index is 0.0529. The number of nitrogens with zero attached hydrogens (tertiary/aromatic N) is 4. The Morgan fingerprint density at radius 2 is 2.23 bits per heavy atom. The maximum absolute atomic E-state index is 12.0. The number of hydrogen-bond donors (Lipinski definition) is 2. The van der Waals surface area contributed by atoms with Crippen LogP contribution in [0.15, 0.2) is 35.4 Å². The Balaban J connectivity index is 1.80. The zero-order valence-electron chi connectivity index (χ0n) is 11.9. The average Bonchev–Trinajstić information content (AvgIpc) is 2.94. The molecule has 7 nitrogen and oxygen atoms in total. The van der Waals surface area contributed by atoms with E-state index in [1.807, 2.05) is 6.07 Å². The largest absolute Gasteiger partial charge is 0.367 e. The predicted molar refractivity (Wildman–Crippen MR) is 81.6 cm³/mol. The second kappa shape index (κ2) is 5.95. The van der Waals surface area contributed by atoms with Gasteiger partial charge >= 0.3 is 0 Å². The van der Waals surface area contributed by atoms with E-state index in [1.165, 1.54) is 16.9 Å². The fraction of sp³-hybridized carbons (Fsp3) is 0.333. The van der Waals surface area contributed by atoms with Crippen LogP contribution < -0.4 is 16.6 Å². The lowest BCUT2D eigenvalue weighted by molar-refractivity contribution is 0.686. The van der Waals surface area contributed by atoms with Gasteiger partial charge in [-0.1, -0.05) is 0 Å². The second-order valence-electron chi connectivity index (χ2n) is 5.39. The van der Waals surface area contributed by atoms with Gasteiger partial charge in [-0.2, -0.15) is 15.0 Å². The Hall–Kier alpha value is -2.72. The normalized spacial score (nSPS) is 20.5. The van der Waals surface area contributed by atoms with Crippen molar-refractivity contribution < 1.29 is 0 Å². The molecule has 1 saturated carbocycles. The molecule has 0 aromatic carbocycles. The standard InChI is InChI=1S/C15H16N6O/c16-8-10-5-6-19-21(15(10)22)13-3-4-14(18-9-13)20-12-2-1-11(17)7-12/h3-6,9,11-12H,1-2,7,17H2,(H,18,20)/t11-,12-/m0/s1. The Bertz CT molecular complexity index is 761. The lowest BCUT2D eigenvalue weighted by Crippen LogP contribution is -2.23. The van der Waals surface area contributed by atoms with Crippen LogP contribution in [0.1, 0.15) is 24.8 Å². The molecule has 2 aromatic heterocycles. The summed E-state index contributed by atoms with van der Waals surface area (Å²) in [4.78, 5) is 16.3. The fourth-order valence-electron chi connectivity index (χ4n) is 2.63. The van der Waals surface area contributed by atoms with E-state index in [2.05, 4.69) is 15.4 Å². The molecular formula is C15H16N6O. The first-order valence-electron chi connectivity index (χ1n) is 7.14. The van der Waals surface area contributed by atoms with E-state index in [0.717, 1.165) is 25.1 Å². The van der Waals surface area contributed by atoms with Crippen molar-refractivity contribution in [1.82, 2.24) is 14.8 Å². The van der Waals surface area contributed by atoms with Crippen LogP contribution >= 0.6 is 0 Å². The van der Waals surface area contributed by atoms with Crippen molar-refractivity contribution in [3.8, 4) is 11.8 Å². The first kappa shape index (κ1) is 14.2. The van der Waals surface area contributed by atoms with Crippen LogP contribution in [0.25, 0.3) is 5.69 Å². The minimum atomic E-state index is -0.450. The summed E-state index contributed by atoms with van der Waals surface area (Å²) in [5, 5.41) is 16.2. The van der Waals surface area contributed by atoms with Gasteiger partial charge in [0.2, 0.25) is 0 Å². The van der Waals surface area contributed by atoms with Gasteiger partial charge in [0, 0.05) is 18.3 Å². The average molecular weight is 296 g/mol. The Labute approximate surface area is 127 Å². The number of nitriles is 1. The van der Waals surface area contributed by atoms with Gasteiger partial charge in [-0.15, -0.1) is 0 Å². The Morgan fingerprint density at radius 1 is 1.36 bits per heavy atom. The molecule has 0 unspecified atom stereocenters. The van der Waals surface area contributed by atoms with Crippen molar-refractivity contribution in [2.24, 2.45) is 5.73 Å². The van der Waals surface area contributed by atoms with Crippen molar-refractivity contribution in [2.45, 2.75) is 31.3 Å². The fourth-order valence-corrected chi connectivity index (χ4v) is 2.63. The third kappa shape index (κ3) is 2.82. The van der Waals surface area contributed by atoms with E-state index in [-0.39, 0.29) is 11.6 Å². The molecule has 2 aromatic rings. The molecule has 1 fully saturated rings. The highest BCUT2D eigenvalue weighted by atomic mass is 16.1. The first-order chi connectivity index (χ1) is 10.7. The van der Waals surface area contributed by atoms with Crippen LogP contribution in [0.4, 0.5) is 5.82 Å². The lowest BCUT2D eigenvalue weighted by atomic mass is 10.2. The molecule has 0 spiro atoms. The summed E-state index contributed by atoms with van der Waals surface area (Å²) in [5.74, 6) is 0.743. The summed E-state index contributed by atoms with van der Waals surface area (Å²) in [6.45, 7) is 0. The van der Waals surface area contributed by atoms with Crippen molar-refractivity contribution in [3.05, 3.63) is 46.5 Å². The monoisotopic (exact) mass is 296 g/mol. The van der Waals surface area contributed by atoms with Crippen molar-refractivity contribution in [1.29, 1.82) is 5.26 Å². The van der Waals surface area contributed by atoms with Crippen LogP contribution in [-0.4, -0.2) is 26.8 Å². The lowest BCUT2D eigenvalue weighted by Gasteiger charge is -2.13. The van der Waals surface area contributed by atoms with E-state index >= 15 is 0 Å². The van der Waals surface area contributed by atoms with Gasteiger partial charge in [0.05, 0.1) is 11.9 Å². The highest BCUT2D eigenvalue weighted by molar-refractivity contribution is 5.42. The van der Waals surface area contributed by atoms with Crippen LogP contribution in [0, 0.1) is 11.3 Å². The molecule has 1 aliphatic carbocycles. The molecule has 22 heavy (non-hydrogen) atoms. The van der Waals surface area contributed by atoms with Gasteiger partial charge in [0.25, 0.3) is 5.56 Å². The predicted octanol–water partition coefficient (Wildman–Crippen LogP) is 0.791. The molecule has 3 N–H and O–H groups in total. The number of rotatable bonds is 3. The summed E-state index contributed by atoms with van der Waals surface area (Å²) in [5.41, 5.74) is 6.02. The second-order valence-corrected chi connectivity index (χ2v) is 5.39. The molecule has 0 saturated heterocycles. The quantitative estimate of drug-likeness (QED) is 0.866. The van der Waals surface area contributed by atoms with Gasteiger partial charge in [-0.05, 0) is 37.5 Å². The number of nitrogens with one attached hydrogen (secondary N) is 1. The summed E-state index contributed by atoms with van der Waals surface area (Å²) in [6, 6.07) is 7.39. The zero-order valence-corrected chi connectivity index (χ0v) is 11.9. The van der Waals surface area contributed by atoms with Gasteiger partial charge in [0.1, 0.15) is 17.5 Å². The van der Waals surface area contributed by atoms with Crippen LogP contribution in [0.3, 0.4) is 0 Å². The van der Waals surface area contributed by atoms with E-state index in [0.29, 0.717) is 11.7 Å². The van der Waals surface area contributed by atoms with Crippen LogP contribution in [-0.2, 0) is 0 Å².